The van der Waals surface area contributed by atoms with Gasteiger partial charge in [0, 0.05) is 23.6 Å². The number of hydrogen-bond acceptors (Lipinski definition) is 7. The lowest BCUT2D eigenvalue weighted by Crippen LogP contribution is -2.34. The Kier molecular flexibility index (Phi) is 5.42. The number of nitro groups is 1. The van der Waals surface area contributed by atoms with Crippen LogP contribution in [-0.4, -0.2) is 31.1 Å². The van der Waals surface area contributed by atoms with Crippen LogP contribution in [0.3, 0.4) is 0 Å². The predicted octanol–water partition coefficient (Wildman–Crippen LogP) is 3.93. The van der Waals surface area contributed by atoms with E-state index < -0.39 is 22.4 Å². The largest absolute Gasteiger partial charge is 0.467 e. The lowest BCUT2D eigenvalue weighted by atomic mass is 10.0. The summed E-state index contributed by atoms with van der Waals surface area (Å²) < 4.78 is 6.70. The average Bonchev–Trinajstić information content (AvgIpc) is 3.51. The van der Waals surface area contributed by atoms with Crippen molar-refractivity contribution in [3.63, 3.8) is 0 Å². The number of nitro benzene ring substituents is 1. The number of carbonyl (C=O) groups excluding carboxylic acids is 1. The molecule has 4 aromatic rings. The Morgan fingerprint density at radius 3 is 2.71 bits per heavy atom. The van der Waals surface area contributed by atoms with Crippen LogP contribution >= 0.6 is 11.6 Å². The van der Waals surface area contributed by atoms with E-state index in [2.05, 4.69) is 10.1 Å². The Labute approximate surface area is 196 Å². The highest BCUT2D eigenvalue weighted by Gasteiger charge is 2.35. The molecule has 1 unspecified atom stereocenters. The van der Waals surface area contributed by atoms with Crippen molar-refractivity contribution >= 4 is 39.8 Å². The van der Waals surface area contributed by atoms with Crippen molar-refractivity contribution < 1.29 is 14.1 Å². The van der Waals surface area contributed by atoms with Gasteiger partial charge in [0.15, 0.2) is 0 Å². The third kappa shape index (κ3) is 3.95. The maximum absolute atomic E-state index is 13.3. The van der Waals surface area contributed by atoms with Crippen LogP contribution in [-0.2, 0) is 11.3 Å². The van der Waals surface area contributed by atoms with Gasteiger partial charge in [0.25, 0.3) is 17.2 Å². The van der Waals surface area contributed by atoms with E-state index in [-0.39, 0.29) is 23.1 Å². The Hall–Kier alpha value is -4.31. The minimum atomic E-state index is -0.561. The van der Waals surface area contributed by atoms with Crippen molar-refractivity contribution in [3.05, 3.63) is 104 Å². The first-order valence-electron chi connectivity index (χ1n) is 10.2. The number of furan rings is 1. The molecule has 1 aliphatic heterocycles. The van der Waals surface area contributed by atoms with Crippen molar-refractivity contribution in [1.82, 2.24) is 14.6 Å². The van der Waals surface area contributed by atoms with Crippen molar-refractivity contribution in [2.75, 3.05) is 0 Å². The minimum Gasteiger partial charge on any atom is -0.467 e. The van der Waals surface area contributed by atoms with Gasteiger partial charge in [-0.15, -0.1) is 0 Å². The summed E-state index contributed by atoms with van der Waals surface area (Å²) in [6, 6.07) is 14.0. The third-order valence-corrected chi connectivity index (χ3v) is 5.79. The molecule has 0 bridgehead atoms. The molecule has 0 spiro atoms. The number of non-ortho nitro benzene ring substituents is 1. The van der Waals surface area contributed by atoms with Crippen LogP contribution in [0.15, 0.2) is 81.5 Å². The molecule has 0 N–H and O–H groups in total. The third-order valence-electron chi connectivity index (χ3n) is 5.54. The lowest BCUT2D eigenvalue weighted by molar-refractivity contribution is -0.384. The standard InChI is InChI=1S/C23H16ClN5O5/c24-15-5-3-14(4-6-15)18-11-20(21-2-1-9-34-21)28(26-18)22(30)12-27-13-25-19-10-16(29(32)33)7-8-17(19)23(27)31/h1-10,13,20H,11-12H2. The van der Waals surface area contributed by atoms with Gasteiger partial charge in [0.1, 0.15) is 18.3 Å². The Morgan fingerprint density at radius 2 is 2.00 bits per heavy atom. The molecule has 0 saturated carbocycles. The Balaban J connectivity index is 1.47. The van der Waals surface area contributed by atoms with Crippen LogP contribution in [0.25, 0.3) is 10.9 Å². The minimum absolute atomic E-state index is 0.171. The van der Waals surface area contributed by atoms with Gasteiger partial charge in [-0.2, -0.15) is 5.10 Å². The van der Waals surface area contributed by atoms with E-state index in [9.17, 15) is 19.7 Å². The molecule has 170 valence electrons. The fourth-order valence-electron chi connectivity index (χ4n) is 3.85. The summed E-state index contributed by atoms with van der Waals surface area (Å²) in [7, 11) is 0. The summed E-state index contributed by atoms with van der Waals surface area (Å²) in [5.74, 6) is 0.132. The predicted molar refractivity (Wildman–Crippen MR) is 124 cm³/mol. The monoisotopic (exact) mass is 477 g/mol. The number of amides is 1. The number of halogens is 1. The number of carbonyl (C=O) groups is 1. The van der Waals surface area contributed by atoms with Gasteiger partial charge < -0.3 is 4.42 Å². The lowest BCUT2D eigenvalue weighted by Gasteiger charge is -2.20. The fourth-order valence-corrected chi connectivity index (χ4v) is 3.98. The SMILES string of the molecule is O=C(Cn1cnc2cc([N+](=O)[O-])ccc2c1=O)N1N=C(c2ccc(Cl)cc2)CC1c1ccco1. The molecule has 2 aromatic heterocycles. The molecule has 11 heteroatoms. The average molecular weight is 478 g/mol. The second-order valence-corrected chi connectivity index (χ2v) is 8.10. The highest BCUT2D eigenvalue weighted by Crippen LogP contribution is 2.33. The van der Waals surface area contributed by atoms with Crippen LogP contribution in [0, 0.1) is 10.1 Å². The molecular weight excluding hydrogens is 462 g/mol. The summed E-state index contributed by atoms with van der Waals surface area (Å²) in [4.78, 5) is 40.7. The zero-order valence-electron chi connectivity index (χ0n) is 17.5. The summed E-state index contributed by atoms with van der Waals surface area (Å²) in [5.41, 5.74) is 1.03. The van der Waals surface area contributed by atoms with Crippen LogP contribution < -0.4 is 5.56 Å². The second-order valence-electron chi connectivity index (χ2n) is 7.66. The van der Waals surface area contributed by atoms with Gasteiger partial charge in [0.05, 0.1) is 34.1 Å². The summed E-state index contributed by atoms with van der Waals surface area (Å²) in [5, 5.41) is 17.6. The van der Waals surface area contributed by atoms with Crippen LogP contribution in [0.5, 0.6) is 0 Å². The molecule has 0 radical (unpaired) electrons. The molecule has 0 saturated heterocycles. The number of fused-ring (bicyclic) bond motifs is 1. The molecule has 2 aromatic carbocycles. The number of benzene rings is 2. The smallest absolute Gasteiger partial charge is 0.271 e. The maximum Gasteiger partial charge on any atom is 0.271 e. The molecule has 0 fully saturated rings. The normalized spacial score (nSPS) is 15.5. The topological polar surface area (TPSA) is 124 Å². The van der Waals surface area contributed by atoms with E-state index in [1.54, 1.807) is 24.3 Å². The number of nitrogens with zero attached hydrogens (tertiary/aromatic N) is 5. The Morgan fingerprint density at radius 1 is 1.21 bits per heavy atom. The first-order chi connectivity index (χ1) is 16.4. The number of rotatable bonds is 5. The zero-order chi connectivity index (χ0) is 23.8. The first-order valence-corrected chi connectivity index (χ1v) is 10.6. The van der Waals surface area contributed by atoms with E-state index in [1.165, 1.54) is 35.8 Å². The van der Waals surface area contributed by atoms with E-state index >= 15 is 0 Å². The summed E-state index contributed by atoms with van der Waals surface area (Å²) in [6.45, 7) is -0.312. The van der Waals surface area contributed by atoms with E-state index in [0.29, 0.717) is 22.9 Å². The van der Waals surface area contributed by atoms with Gasteiger partial charge in [-0.05, 0) is 35.9 Å². The summed E-state index contributed by atoms with van der Waals surface area (Å²) in [6.07, 6.45) is 3.15. The molecule has 1 amide bonds. The molecule has 10 nitrogen and oxygen atoms in total. The number of aromatic nitrogens is 2. The quantitative estimate of drug-likeness (QED) is 0.317. The van der Waals surface area contributed by atoms with Gasteiger partial charge in [0.2, 0.25) is 0 Å². The van der Waals surface area contributed by atoms with Gasteiger partial charge in [-0.1, -0.05) is 23.7 Å². The molecule has 3 heterocycles. The molecular formula is C23H16ClN5O5. The van der Waals surface area contributed by atoms with Gasteiger partial charge in [-0.3, -0.25) is 24.3 Å². The van der Waals surface area contributed by atoms with E-state index in [4.69, 9.17) is 16.0 Å². The van der Waals surface area contributed by atoms with Crippen LogP contribution in [0.4, 0.5) is 5.69 Å². The molecule has 1 aliphatic rings. The van der Waals surface area contributed by atoms with Crippen LogP contribution in [0.2, 0.25) is 5.02 Å². The summed E-state index contributed by atoms with van der Waals surface area (Å²) >= 11 is 5.99. The molecule has 0 aliphatic carbocycles. The molecule has 34 heavy (non-hydrogen) atoms. The van der Waals surface area contributed by atoms with Crippen molar-refractivity contribution in [3.8, 4) is 0 Å². The second kappa shape index (κ2) is 8.56. The van der Waals surface area contributed by atoms with Crippen molar-refractivity contribution in [2.24, 2.45) is 5.10 Å². The van der Waals surface area contributed by atoms with Crippen molar-refractivity contribution in [1.29, 1.82) is 0 Å². The number of hydrazone groups is 1. The van der Waals surface area contributed by atoms with Gasteiger partial charge >= 0.3 is 0 Å². The van der Waals surface area contributed by atoms with Crippen molar-refractivity contribution in [2.45, 2.75) is 19.0 Å². The fraction of sp³-hybridized carbons (Fsp3) is 0.130. The Bertz CT molecular complexity index is 1490. The molecule has 5 rings (SSSR count). The maximum atomic E-state index is 13.3. The van der Waals surface area contributed by atoms with Crippen LogP contribution in [0.1, 0.15) is 23.8 Å². The first kappa shape index (κ1) is 21.5. The van der Waals surface area contributed by atoms with Gasteiger partial charge in [-0.25, -0.2) is 9.99 Å². The highest BCUT2D eigenvalue weighted by atomic mass is 35.5. The van der Waals surface area contributed by atoms with E-state index in [0.717, 1.165) is 10.1 Å². The number of hydrogen-bond donors (Lipinski definition) is 0. The highest BCUT2D eigenvalue weighted by molar-refractivity contribution is 6.30. The van der Waals surface area contributed by atoms with E-state index in [1.807, 2.05) is 12.1 Å². The molecule has 1 atom stereocenters. The zero-order valence-corrected chi connectivity index (χ0v) is 18.3.